The number of anilines is 2. The molecule has 0 radical (unpaired) electrons. The van der Waals surface area contributed by atoms with Crippen LogP contribution in [-0.2, 0) is 26.0 Å². The second kappa shape index (κ2) is 9.07. The summed E-state index contributed by atoms with van der Waals surface area (Å²) in [7, 11) is -2.44. The van der Waals surface area contributed by atoms with Crippen LogP contribution in [0.3, 0.4) is 0 Å². The highest BCUT2D eigenvalue weighted by atomic mass is 32.2. The highest BCUT2D eigenvalue weighted by Crippen LogP contribution is 2.28. The topological polar surface area (TPSA) is 84.0 Å². The van der Waals surface area contributed by atoms with Crippen molar-refractivity contribution >= 4 is 33.3 Å². The van der Waals surface area contributed by atoms with Crippen molar-refractivity contribution in [2.45, 2.75) is 24.3 Å². The maximum absolute atomic E-state index is 13.0. The van der Waals surface area contributed by atoms with Crippen LogP contribution in [0.5, 0.6) is 0 Å². The minimum Gasteiger partial charge on any atom is -0.449 e. The fraction of sp³-hybridized carbons (Fsp3) is 0.200. The van der Waals surface area contributed by atoms with Crippen LogP contribution in [0.4, 0.5) is 11.4 Å². The van der Waals surface area contributed by atoms with Crippen molar-refractivity contribution in [2.24, 2.45) is 0 Å². The van der Waals surface area contributed by atoms with Crippen LogP contribution in [0.15, 0.2) is 83.8 Å². The first-order valence-electron chi connectivity index (χ1n) is 10.5. The van der Waals surface area contributed by atoms with E-state index in [2.05, 4.69) is 0 Å². The van der Waals surface area contributed by atoms with Crippen molar-refractivity contribution < 1.29 is 22.7 Å². The van der Waals surface area contributed by atoms with Crippen molar-refractivity contribution in [2.75, 3.05) is 22.8 Å². The van der Waals surface area contributed by atoms with Gasteiger partial charge in [0.25, 0.3) is 15.9 Å². The zero-order valence-electron chi connectivity index (χ0n) is 18.3. The van der Waals surface area contributed by atoms with E-state index in [9.17, 15) is 18.0 Å². The van der Waals surface area contributed by atoms with Gasteiger partial charge in [0.2, 0.25) is 0 Å². The highest BCUT2D eigenvalue weighted by Gasteiger charge is 2.30. The van der Waals surface area contributed by atoms with Crippen LogP contribution in [0.1, 0.15) is 22.8 Å². The van der Waals surface area contributed by atoms with Crippen molar-refractivity contribution in [3.8, 4) is 0 Å². The molecule has 1 aliphatic heterocycles. The number of amides is 1. The fourth-order valence-corrected chi connectivity index (χ4v) is 5.03. The van der Waals surface area contributed by atoms with E-state index in [1.165, 1.54) is 38.2 Å². The Labute approximate surface area is 193 Å². The molecule has 1 amide bonds. The lowest BCUT2D eigenvalue weighted by molar-refractivity contribution is -0.126. The lowest BCUT2D eigenvalue weighted by Gasteiger charge is -2.22. The van der Waals surface area contributed by atoms with Gasteiger partial charge < -0.3 is 9.64 Å². The van der Waals surface area contributed by atoms with Crippen LogP contribution < -0.4 is 9.21 Å². The first-order valence-corrected chi connectivity index (χ1v) is 12.0. The fourth-order valence-electron chi connectivity index (χ4n) is 3.78. The number of esters is 1. The van der Waals surface area contributed by atoms with Gasteiger partial charge in [-0.1, -0.05) is 42.5 Å². The van der Waals surface area contributed by atoms with Gasteiger partial charge in [-0.2, -0.15) is 0 Å². The lowest BCUT2D eigenvalue weighted by Crippen LogP contribution is -2.39. The zero-order chi connectivity index (χ0) is 23.6. The molecule has 3 aromatic carbocycles. The molecule has 33 heavy (non-hydrogen) atoms. The molecule has 1 aliphatic rings. The summed E-state index contributed by atoms with van der Waals surface area (Å²) in [6, 6.07) is 21.9. The summed E-state index contributed by atoms with van der Waals surface area (Å²) in [5.74, 6) is -1.08. The number of hydrogen-bond acceptors (Lipinski definition) is 5. The predicted octanol–water partition coefficient (Wildman–Crippen LogP) is 3.65. The molecule has 1 atom stereocenters. The van der Waals surface area contributed by atoms with Gasteiger partial charge in [-0.25, -0.2) is 13.2 Å². The van der Waals surface area contributed by atoms with Gasteiger partial charge in [-0.05, 0) is 55.3 Å². The number of nitrogens with zero attached hydrogens (tertiary/aromatic N) is 2. The van der Waals surface area contributed by atoms with Gasteiger partial charge in [0.05, 0.1) is 16.1 Å². The first-order chi connectivity index (χ1) is 15.8. The van der Waals surface area contributed by atoms with Gasteiger partial charge in [0, 0.05) is 19.3 Å². The Balaban J connectivity index is 1.49. The van der Waals surface area contributed by atoms with Gasteiger partial charge >= 0.3 is 5.97 Å². The molecule has 170 valence electrons. The SMILES string of the molecule is C[C@H](OC(=O)c1cccc(S(=O)(=O)N(C)c2ccccc2)c1)C(=O)N1CCc2ccccc21. The lowest BCUT2D eigenvalue weighted by atomic mass is 10.2. The number of hydrogen-bond donors (Lipinski definition) is 0. The van der Waals surface area contributed by atoms with Crippen molar-refractivity contribution in [3.63, 3.8) is 0 Å². The molecule has 0 fully saturated rings. The van der Waals surface area contributed by atoms with E-state index in [-0.39, 0.29) is 16.4 Å². The molecule has 0 aliphatic carbocycles. The Morgan fingerprint density at radius 2 is 1.67 bits per heavy atom. The number of carbonyl (C=O) groups is 2. The molecular weight excluding hydrogens is 440 g/mol. The predicted molar refractivity (Wildman–Crippen MR) is 126 cm³/mol. The molecular formula is C25H24N2O5S. The third kappa shape index (κ3) is 4.47. The zero-order valence-corrected chi connectivity index (χ0v) is 19.2. The standard InChI is InChI=1S/C25H24N2O5S/c1-18(24(28)27-16-15-19-9-6-7-14-23(19)27)32-25(29)20-10-8-13-22(17-20)33(30,31)26(2)21-11-4-3-5-12-21/h3-14,17-18H,15-16H2,1-2H3/t18-/m0/s1. The Morgan fingerprint density at radius 3 is 2.42 bits per heavy atom. The van der Waals surface area contributed by atoms with Gasteiger partial charge in [-0.15, -0.1) is 0 Å². The number of para-hydroxylation sites is 2. The van der Waals surface area contributed by atoms with E-state index < -0.39 is 22.1 Å². The Morgan fingerprint density at radius 1 is 0.970 bits per heavy atom. The summed E-state index contributed by atoms with van der Waals surface area (Å²) >= 11 is 0. The third-order valence-electron chi connectivity index (χ3n) is 5.63. The van der Waals surface area contributed by atoms with E-state index in [0.717, 1.165) is 22.0 Å². The molecule has 0 saturated heterocycles. The van der Waals surface area contributed by atoms with Crippen LogP contribution in [0.2, 0.25) is 0 Å². The Kier molecular flexibility index (Phi) is 6.20. The maximum atomic E-state index is 13.0. The molecule has 4 rings (SSSR count). The molecule has 0 saturated carbocycles. The second-order valence-corrected chi connectivity index (χ2v) is 9.72. The summed E-state index contributed by atoms with van der Waals surface area (Å²) < 4.78 is 32.6. The summed E-state index contributed by atoms with van der Waals surface area (Å²) in [5.41, 5.74) is 2.45. The smallest absolute Gasteiger partial charge is 0.338 e. The van der Waals surface area contributed by atoms with E-state index in [1.54, 1.807) is 35.2 Å². The molecule has 0 aromatic heterocycles. The van der Waals surface area contributed by atoms with Gasteiger partial charge in [-0.3, -0.25) is 9.10 Å². The summed E-state index contributed by atoms with van der Waals surface area (Å²) in [5, 5.41) is 0. The molecule has 3 aromatic rings. The normalized spacial score (nSPS) is 13.8. The van der Waals surface area contributed by atoms with Crippen LogP contribution in [0.25, 0.3) is 0 Å². The average Bonchev–Trinajstić information content (AvgIpc) is 3.27. The van der Waals surface area contributed by atoms with E-state index >= 15 is 0 Å². The minimum atomic E-state index is -3.89. The first kappa shape index (κ1) is 22.5. The molecule has 0 unspecified atom stereocenters. The van der Waals surface area contributed by atoms with Crippen LogP contribution in [-0.4, -0.2) is 40.0 Å². The summed E-state index contributed by atoms with van der Waals surface area (Å²) in [6.07, 6.45) is -0.270. The third-order valence-corrected chi connectivity index (χ3v) is 7.41. The maximum Gasteiger partial charge on any atom is 0.338 e. The van der Waals surface area contributed by atoms with Gasteiger partial charge in [0.15, 0.2) is 6.10 Å². The highest BCUT2D eigenvalue weighted by molar-refractivity contribution is 7.92. The molecule has 7 nitrogen and oxygen atoms in total. The summed E-state index contributed by atoms with van der Waals surface area (Å²) in [6.45, 7) is 2.05. The quantitative estimate of drug-likeness (QED) is 0.520. The van der Waals surface area contributed by atoms with Crippen LogP contribution >= 0.6 is 0 Å². The van der Waals surface area contributed by atoms with Crippen molar-refractivity contribution in [1.29, 1.82) is 0 Å². The van der Waals surface area contributed by atoms with Gasteiger partial charge in [0.1, 0.15) is 0 Å². The van der Waals surface area contributed by atoms with E-state index in [4.69, 9.17) is 4.74 Å². The van der Waals surface area contributed by atoms with E-state index in [1.807, 2.05) is 24.3 Å². The second-order valence-electron chi connectivity index (χ2n) is 7.75. The molecule has 8 heteroatoms. The Hall–Kier alpha value is -3.65. The number of rotatable bonds is 6. The minimum absolute atomic E-state index is 0.0456. The van der Waals surface area contributed by atoms with Crippen LogP contribution in [0, 0.1) is 0 Å². The van der Waals surface area contributed by atoms with Crippen molar-refractivity contribution in [3.05, 3.63) is 90.0 Å². The van der Waals surface area contributed by atoms with Crippen molar-refractivity contribution in [1.82, 2.24) is 0 Å². The molecule has 0 bridgehead atoms. The number of ether oxygens (including phenoxy) is 1. The number of sulfonamides is 1. The monoisotopic (exact) mass is 464 g/mol. The largest absolute Gasteiger partial charge is 0.449 e. The van der Waals surface area contributed by atoms with E-state index in [0.29, 0.717) is 12.2 Å². The molecule has 1 heterocycles. The average molecular weight is 465 g/mol. The summed E-state index contributed by atoms with van der Waals surface area (Å²) in [4.78, 5) is 27.2. The number of fused-ring (bicyclic) bond motifs is 1. The Bertz CT molecular complexity index is 1290. The molecule has 0 spiro atoms. The number of carbonyl (C=O) groups excluding carboxylic acids is 2. The number of benzene rings is 3. The molecule has 0 N–H and O–H groups in total.